The second-order valence-corrected chi connectivity index (χ2v) is 7.80. The number of aryl methyl sites for hydroxylation is 2. The summed E-state index contributed by atoms with van der Waals surface area (Å²) >= 11 is 0. The number of urea groups is 1. The summed E-state index contributed by atoms with van der Waals surface area (Å²) in [6.07, 6.45) is 8.21. The van der Waals surface area contributed by atoms with Crippen molar-refractivity contribution in [3.8, 4) is 0 Å². The molecule has 1 heterocycles. The highest BCUT2D eigenvalue weighted by molar-refractivity contribution is 6.01. The lowest BCUT2D eigenvalue weighted by Crippen LogP contribution is -2.22. The predicted molar refractivity (Wildman–Crippen MR) is 103 cm³/mol. The molecule has 136 valence electrons. The summed E-state index contributed by atoms with van der Waals surface area (Å²) in [5, 5.41) is 15.9. The Morgan fingerprint density at radius 1 is 1.04 bits per heavy atom. The third-order valence-corrected chi connectivity index (χ3v) is 5.36. The number of nitrogens with zero attached hydrogens (tertiary/aromatic N) is 1. The van der Waals surface area contributed by atoms with Crippen molar-refractivity contribution in [3.05, 3.63) is 52.3 Å². The monoisotopic (exact) mass is 351 g/mol. The number of nitrogens with one attached hydrogen (secondary N) is 2. The fourth-order valence-corrected chi connectivity index (χ4v) is 4.07. The zero-order valence-electron chi connectivity index (χ0n) is 15.4. The van der Waals surface area contributed by atoms with E-state index in [4.69, 9.17) is 0 Å². The molecule has 0 atom stereocenters. The van der Waals surface area contributed by atoms with Crippen LogP contribution in [0.1, 0.15) is 54.6 Å². The molecule has 2 aliphatic rings. The van der Waals surface area contributed by atoms with E-state index < -0.39 is 5.60 Å². The van der Waals surface area contributed by atoms with Crippen LogP contribution in [-0.2, 0) is 31.3 Å². The number of benzene rings is 1. The van der Waals surface area contributed by atoms with E-state index >= 15 is 0 Å². The first-order valence-corrected chi connectivity index (χ1v) is 9.35. The standard InChI is InChI=1S/C21H25N3O2/c1-21(2,26)18-10-9-15(12-22-18)23-20(25)24-19-16-7-3-5-13(16)11-14-6-4-8-17(14)19/h9-12,26H,3-8H2,1-2H3,(H2,23,24,25). The van der Waals surface area contributed by atoms with E-state index in [0.717, 1.165) is 44.2 Å². The van der Waals surface area contributed by atoms with Gasteiger partial charge in [-0.3, -0.25) is 4.98 Å². The number of aliphatic hydroxyl groups is 1. The molecule has 0 aliphatic heterocycles. The first kappa shape index (κ1) is 17.0. The van der Waals surface area contributed by atoms with Crippen LogP contribution in [-0.4, -0.2) is 16.1 Å². The van der Waals surface area contributed by atoms with Gasteiger partial charge in [0.05, 0.1) is 17.6 Å². The molecule has 0 saturated heterocycles. The number of aromatic nitrogens is 1. The van der Waals surface area contributed by atoms with Crippen molar-refractivity contribution in [3.63, 3.8) is 0 Å². The lowest BCUT2D eigenvalue weighted by molar-refractivity contribution is 0.0739. The first-order valence-electron chi connectivity index (χ1n) is 9.35. The first-order chi connectivity index (χ1) is 12.4. The number of anilines is 2. The predicted octanol–water partition coefficient (Wildman–Crippen LogP) is 3.93. The highest BCUT2D eigenvalue weighted by atomic mass is 16.3. The number of amides is 2. The molecule has 5 heteroatoms. The average Bonchev–Trinajstić information content (AvgIpc) is 3.23. The maximum Gasteiger partial charge on any atom is 0.323 e. The van der Waals surface area contributed by atoms with E-state index in [-0.39, 0.29) is 6.03 Å². The molecule has 2 aliphatic carbocycles. The Bertz CT molecular complexity index is 819. The Morgan fingerprint density at radius 2 is 1.69 bits per heavy atom. The van der Waals surface area contributed by atoms with Crippen molar-refractivity contribution in [2.45, 2.75) is 58.0 Å². The molecule has 4 rings (SSSR count). The molecule has 2 amide bonds. The van der Waals surface area contributed by atoms with Crippen molar-refractivity contribution in [1.29, 1.82) is 0 Å². The summed E-state index contributed by atoms with van der Waals surface area (Å²) in [7, 11) is 0. The van der Waals surface area contributed by atoms with Crippen LogP contribution < -0.4 is 10.6 Å². The van der Waals surface area contributed by atoms with E-state index in [1.54, 1.807) is 32.2 Å². The topological polar surface area (TPSA) is 74.2 Å². The van der Waals surface area contributed by atoms with Crippen LogP contribution in [0.25, 0.3) is 0 Å². The summed E-state index contributed by atoms with van der Waals surface area (Å²) in [4.78, 5) is 16.8. The minimum Gasteiger partial charge on any atom is -0.384 e. The van der Waals surface area contributed by atoms with E-state index in [1.807, 2.05) is 0 Å². The Kier molecular flexibility index (Phi) is 4.19. The summed E-state index contributed by atoms with van der Waals surface area (Å²) in [6.45, 7) is 3.37. The van der Waals surface area contributed by atoms with Gasteiger partial charge in [0.1, 0.15) is 5.60 Å². The number of hydrogen-bond acceptors (Lipinski definition) is 3. The molecule has 1 aromatic heterocycles. The van der Waals surface area contributed by atoms with Crippen LogP contribution in [0.3, 0.4) is 0 Å². The fourth-order valence-electron chi connectivity index (χ4n) is 4.07. The molecule has 0 saturated carbocycles. The normalized spacial score (nSPS) is 15.5. The molecule has 3 N–H and O–H groups in total. The SMILES string of the molecule is CC(C)(O)c1ccc(NC(=O)Nc2c3c(cc4c2CCC4)CCC3)cn1. The smallest absolute Gasteiger partial charge is 0.323 e. The average molecular weight is 351 g/mol. The van der Waals surface area contributed by atoms with Crippen LogP contribution in [0.5, 0.6) is 0 Å². The van der Waals surface area contributed by atoms with E-state index in [0.29, 0.717) is 11.4 Å². The van der Waals surface area contributed by atoms with Crippen LogP contribution >= 0.6 is 0 Å². The largest absolute Gasteiger partial charge is 0.384 e. The number of fused-ring (bicyclic) bond motifs is 2. The van der Waals surface area contributed by atoms with Gasteiger partial charge in [-0.05, 0) is 86.8 Å². The summed E-state index contributed by atoms with van der Waals surface area (Å²) in [5.41, 5.74) is 6.65. The van der Waals surface area contributed by atoms with Gasteiger partial charge in [-0.2, -0.15) is 0 Å². The number of pyridine rings is 1. The van der Waals surface area contributed by atoms with Crippen LogP contribution in [0.2, 0.25) is 0 Å². The van der Waals surface area contributed by atoms with Crippen molar-refractivity contribution in [2.75, 3.05) is 10.6 Å². The Hall–Kier alpha value is -2.40. The van der Waals surface area contributed by atoms with Crippen LogP contribution in [0, 0.1) is 0 Å². The quantitative estimate of drug-likeness (QED) is 0.784. The zero-order chi connectivity index (χ0) is 18.3. The van der Waals surface area contributed by atoms with Crippen LogP contribution in [0.15, 0.2) is 24.4 Å². The molecule has 0 bridgehead atoms. The Balaban J connectivity index is 1.53. The molecule has 26 heavy (non-hydrogen) atoms. The number of hydrogen-bond donors (Lipinski definition) is 3. The van der Waals surface area contributed by atoms with Crippen molar-refractivity contribution < 1.29 is 9.90 Å². The molecule has 5 nitrogen and oxygen atoms in total. The minimum absolute atomic E-state index is 0.239. The second kappa shape index (κ2) is 6.40. The molecule has 0 unspecified atom stereocenters. The van der Waals surface area contributed by atoms with Crippen molar-refractivity contribution in [2.24, 2.45) is 0 Å². The summed E-state index contributed by atoms with van der Waals surface area (Å²) in [6, 6.07) is 5.61. The molecule has 2 aromatic rings. The number of carbonyl (C=O) groups is 1. The molecule has 0 spiro atoms. The van der Waals surface area contributed by atoms with Gasteiger partial charge in [-0.25, -0.2) is 4.79 Å². The van der Waals surface area contributed by atoms with E-state index in [9.17, 15) is 9.90 Å². The van der Waals surface area contributed by atoms with Gasteiger partial charge < -0.3 is 15.7 Å². The fraction of sp³-hybridized carbons (Fsp3) is 0.429. The van der Waals surface area contributed by atoms with Gasteiger partial charge in [0.2, 0.25) is 0 Å². The molecular formula is C21H25N3O2. The summed E-state index contributed by atoms with van der Waals surface area (Å²) < 4.78 is 0. The summed E-state index contributed by atoms with van der Waals surface area (Å²) in [5.74, 6) is 0. The molecule has 0 radical (unpaired) electrons. The van der Waals surface area contributed by atoms with Gasteiger partial charge >= 0.3 is 6.03 Å². The lowest BCUT2D eigenvalue weighted by atomic mass is 9.99. The van der Waals surface area contributed by atoms with Crippen LogP contribution in [0.4, 0.5) is 16.2 Å². The van der Waals surface area contributed by atoms with Crippen molar-refractivity contribution in [1.82, 2.24) is 4.98 Å². The molecular weight excluding hydrogens is 326 g/mol. The highest BCUT2D eigenvalue weighted by Crippen LogP contribution is 2.38. The third-order valence-electron chi connectivity index (χ3n) is 5.36. The second-order valence-electron chi connectivity index (χ2n) is 7.80. The van der Waals surface area contributed by atoms with Gasteiger partial charge in [-0.1, -0.05) is 6.07 Å². The number of carbonyl (C=O) groups excluding carboxylic acids is 1. The third kappa shape index (κ3) is 3.19. The highest BCUT2D eigenvalue weighted by Gasteiger charge is 2.25. The van der Waals surface area contributed by atoms with Gasteiger partial charge in [-0.15, -0.1) is 0 Å². The van der Waals surface area contributed by atoms with E-state index in [2.05, 4.69) is 21.7 Å². The molecule has 1 aromatic carbocycles. The Morgan fingerprint density at radius 3 is 2.23 bits per heavy atom. The molecule has 0 fully saturated rings. The van der Waals surface area contributed by atoms with E-state index in [1.165, 1.54) is 22.3 Å². The van der Waals surface area contributed by atoms with Gasteiger partial charge in [0.25, 0.3) is 0 Å². The van der Waals surface area contributed by atoms with Gasteiger partial charge in [0.15, 0.2) is 0 Å². The zero-order valence-corrected chi connectivity index (χ0v) is 15.4. The van der Waals surface area contributed by atoms with Crippen molar-refractivity contribution >= 4 is 17.4 Å². The minimum atomic E-state index is -0.994. The Labute approximate surface area is 153 Å². The van der Waals surface area contributed by atoms with Gasteiger partial charge in [0, 0.05) is 5.69 Å². The maximum atomic E-state index is 12.6. The number of rotatable bonds is 3. The maximum absolute atomic E-state index is 12.6. The lowest BCUT2D eigenvalue weighted by Gasteiger charge is -2.18.